The van der Waals surface area contributed by atoms with E-state index in [4.69, 9.17) is 0 Å². The number of carbonyl (C=O) groups excluding carboxylic acids is 2. The lowest BCUT2D eigenvalue weighted by molar-refractivity contribution is -0.121. The highest BCUT2D eigenvalue weighted by Crippen LogP contribution is 2.32. The van der Waals surface area contributed by atoms with Crippen molar-refractivity contribution in [1.82, 2.24) is 15.1 Å². The zero-order valence-corrected chi connectivity index (χ0v) is 19.2. The fourth-order valence-corrected chi connectivity index (χ4v) is 4.31. The Hall–Kier alpha value is -3.26. The zero-order valence-electron chi connectivity index (χ0n) is 17.6. The first-order chi connectivity index (χ1) is 15.4. The maximum atomic E-state index is 13.2. The fourth-order valence-electron chi connectivity index (χ4n) is 3.86. The predicted molar refractivity (Wildman–Crippen MR) is 126 cm³/mol. The molecule has 2 heterocycles. The lowest BCUT2D eigenvalue weighted by Crippen LogP contribution is -2.38. The molecule has 164 valence electrons. The molecular formula is C24H23BrN4O3. The van der Waals surface area contributed by atoms with Crippen LogP contribution in [0.2, 0.25) is 0 Å². The molecule has 0 aliphatic carbocycles. The van der Waals surface area contributed by atoms with Gasteiger partial charge in [0.25, 0.3) is 11.5 Å². The van der Waals surface area contributed by atoms with Gasteiger partial charge in [0.05, 0.1) is 6.54 Å². The van der Waals surface area contributed by atoms with Crippen LogP contribution in [0.15, 0.2) is 69.9 Å². The maximum Gasteiger partial charge on any atom is 0.278 e. The van der Waals surface area contributed by atoms with Gasteiger partial charge in [-0.25, -0.2) is 4.68 Å². The molecule has 0 bridgehead atoms. The third kappa shape index (κ3) is 4.80. The first kappa shape index (κ1) is 22.0. The van der Waals surface area contributed by atoms with E-state index in [2.05, 4.69) is 26.3 Å². The number of amides is 2. The first-order valence-electron chi connectivity index (χ1n) is 10.4. The van der Waals surface area contributed by atoms with E-state index in [1.54, 1.807) is 4.90 Å². The molecule has 2 aromatic carbocycles. The number of anilines is 1. The van der Waals surface area contributed by atoms with Crippen LogP contribution in [0.3, 0.4) is 0 Å². The van der Waals surface area contributed by atoms with Crippen LogP contribution in [0.4, 0.5) is 5.69 Å². The van der Waals surface area contributed by atoms with Crippen LogP contribution in [-0.4, -0.2) is 27.6 Å². The highest BCUT2D eigenvalue weighted by molar-refractivity contribution is 9.10. The average Bonchev–Trinajstić information content (AvgIpc) is 3.12. The minimum absolute atomic E-state index is 0.00544. The molecule has 0 spiro atoms. The third-order valence-electron chi connectivity index (χ3n) is 5.44. The summed E-state index contributed by atoms with van der Waals surface area (Å²) in [6.45, 7) is 2.48. The number of carbonyl (C=O) groups is 2. The number of hydrogen-bond donors (Lipinski definition) is 1. The van der Waals surface area contributed by atoms with Crippen molar-refractivity contribution >= 4 is 33.4 Å². The van der Waals surface area contributed by atoms with Gasteiger partial charge in [0.2, 0.25) is 5.91 Å². The zero-order chi connectivity index (χ0) is 22.7. The Morgan fingerprint density at radius 2 is 1.94 bits per heavy atom. The van der Waals surface area contributed by atoms with Crippen molar-refractivity contribution in [3.8, 4) is 0 Å². The van der Waals surface area contributed by atoms with E-state index in [-0.39, 0.29) is 42.1 Å². The van der Waals surface area contributed by atoms with Gasteiger partial charge in [0.15, 0.2) is 0 Å². The number of aryl methyl sites for hydroxylation is 1. The molecule has 1 atom stereocenters. The van der Waals surface area contributed by atoms with Crippen LogP contribution in [0, 0.1) is 0 Å². The topological polar surface area (TPSA) is 84.3 Å². The van der Waals surface area contributed by atoms with Crippen LogP contribution >= 0.6 is 15.9 Å². The van der Waals surface area contributed by atoms with Crippen molar-refractivity contribution in [3.63, 3.8) is 0 Å². The molecule has 0 radical (unpaired) electrons. The minimum atomic E-state index is -0.351. The van der Waals surface area contributed by atoms with E-state index in [1.165, 1.54) is 16.8 Å². The number of benzene rings is 2. The monoisotopic (exact) mass is 494 g/mol. The van der Waals surface area contributed by atoms with Gasteiger partial charge in [-0.2, -0.15) is 5.10 Å². The second kappa shape index (κ2) is 9.48. The van der Waals surface area contributed by atoms with E-state index in [0.29, 0.717) is 6.54 Å². The summed E-state index contributed by atoms with van der Waals surface area (Å²) in [7, 11) is 0. The van der Waals surface area contributed by atoms with E-state index in [1.807, 2.05) is 55.5 Å². The Morgan fingerprint density at radius 3 is 2.75 bits per heavy atom. The highest BCUT2D eigenvalue weighted by atomic mass is 79.9. The number of aromatic nitrogens is 2. The molecule has 0 unspecified atom stereocenters. The molecule has 0 saturated heterocycles. The number of halogens is 1. The Balaban J connectivity index is 1.42. The van der Waals surface area contributed by atoms with E-state index in [0.717, 1.165) is 27.7 Å². The summed E-state index contributed by atoms with van der Waals surface area (Å²) in [5, 5.41) is 7.09. The van der Waals surface area contributed by atoms with Crippen LogP contribution in [-0.2, 0) is 24.3 Å². The number of rotatable bonds is 6. The summed E-state index contributed by atoms with van der Waals surface area (Å²) in [5.41, 5.74) is 2.79. The lowest BCUT2D eigenvalue weighted by atomic mass is 10.1. The van der Waals surface area contributed by atoms with Crippen LogP contribution in [0.1, 0.15) is 35.0 Å². The van der Waals surface area contributed by atoms with Gasteiger partial charge in [0.1, 0.15) is 5.69 Å². The van der Waals surface area contributed by atoms with Crippen molar-refractivity contribution in [2.24, 2.45) is 0 Å². The van der Waals surface area contributed by atoms with E-state index in [9.17, 15) is 14.4 Å². The Labute approximate surface area is 194 Å². The second-order valence-corrected chi connectivity index (χ2v) is 8.71. The molecule has 4 rings (SSSR count). The van der Waals surface area contributed by atoms with Crippen molar-refractivity contribution in [1.29, 1.82) is 0 Å². The van der Waals surface area contributed by atoms with Crippen LogP contribution in [0.25, 0.3) is 0 Å². The van der Waals surface area contributed by atoms with Gasteiger partial charge < -0.3 is 10.2 Å². The largest absolute Gasteiger partial charge is 0.352 e. The molecule has 1 aliphatic rings. The fraction of sp³-hybridized carbons (Fsp3) is 0.250. The van der Waals surface area contributed by atoms with E-state index >= 15 is 0 Å². The Morgan fingerprint density at radius 1 is 1.12 bits per heavy atom. The van der Waals surface area contributed by atoms with Gasteiger partial charge in [-0.1, -0.05) is 46.3 Å². The quantitative estimate of drug-likeness (QED) is 0.569. The first-order valence-corrected chi connectivity index (χ1v) is 11.2. The molecule has 1 aliphatic heterocycles. The SMILES string of the molecule is C[C@H]1Cc2ccccc2N1C(=O)c1ccc(=O)n(CCC(=O)NCc2cccc(Br)c2)n1. The summed E-state index contributed by atoms with van der Waals surface area (Å²) >= 11 is 3.40. The molecule has 3 aromatic rings. The lowest BCUT2D eigenvalue weighted by Gasteiger charge is -2.22. The number of hydrogen-bond acceptors (Lipinski definition) is 4. The number of fused-ring (bicyclic) bond motifs is 1. The maximum absolute atomic E-state index is 13.2. The summed E-state index contributed by atoms with van der Waals surface area (Å²) in [5.74, 6) is -0.451. The normalized spacial score (nSPS) is 14.8. The molecule has 2 amide bonds. The van der Waals surface area contributed by atoms with Gasteiger partial charge in [-0.3, -0.25) is 14.4 Å². The molecule has 7 nitrogen and oxygen atoms in total. The number of nitrogens with zero attached hydrogens (tertiary/aromatic N) is 3. The number of para-hydroxylation sites is 1. The third-order valence-corrected chi connectivity index (χ3v) is 5.93. The smallest absolute Gasteiger partial charge is 0.278 e. The average molecular weight is 495 g/mol. The van der Waals surface area contributed by atoms with Crippen molar-refractivity contribution in [3.05, 3.63) is 92.3 Å². The Kier molecular flexibility index (Phi) is 6.50. The van der Waals surface area contributed by atoms with Crippen molar-refractivity contribution in [2.45, 2.75) is 38.9 Å². The molecule has 1 N–H and O–H groups in total. The molecule has 0 saturated carbocycles. The predicted octanol–water partition coefficient (Wildman–Crippen LogP) is 3.30. The summed E-state index contributed by atoms with van der Waals surface area (Å²) in [6.07, 6.45) is 0.862. The molecule has 1 aromatic heterocycles. The van der Waals surface area contributed by atoms with Gasteiger partial charge in [-0.05, 0) is 48.7 Å². The molecular weight excluding hydrogens is 472 g/mol. The Bertz CT molecular complexity index is 1220. The molecule has 0 fully saturated rings. The van der Waals surface area contributed by atoms with Gasteiger partial charge in [0, 0.05) is 35.2 Å². The van der Waals surface area contributed by atoms with E-state index < -0.39 is 0 Å². The molecule has 32 heavy (non-hydrogen) atoms. The standard InChI is InChI=1S/C24H23BrN4O3/c1-16-13-18-6-2-3-8-21(18)29(16)24(32)20-9-10-23(31)28(27-20)12-11-22(30)26-15-17-5-4-7-19(25)14-17/h2-10,14,16H,11-13,15H2,1H3,(H,26,30)/t16-/m0/s1. The second-order valence-electron chi connectivity index (χ2n) is 7.79. The van der Waals surface area contributed by atoms with Crippen molar-refractivity contribution < 1.29 is 9.59 Å². The van der Waals surface area contributed by atoms with Gasteiger partial charge >= 0.3 is 0 Å². The summed E-state index contributed by atoms with van der Waals surface area (Å²) in [4.78, 5) is 39.4. The summed E-state index contributed by atoms with van der Waals surface area (Å²) < 4.78 is 2.12. The highest BCUT2D eigenvalue weighted by Gasteiger charge is 2.32. The van der Waals surface area contributed by atoms with Crippen LogP contribution in [0.5, 0.6) is 0 Å². The van der Waals surface area contributed by atoms with Crippen LogP contribution < -0.4 is 15.8 Å². The molecule has 8 heteroatoms. The summed E-state index contributed by atoms with van der Waals surface area (Å²) in [6, 6.07) is 18.2. The minimum Gasteiger partial charge on any atom is -0.352 e. The number of nitrogens with one attached hydrogen (secondary N) is 1. The van der Waals surface area contributed by atoms with Gasteiger partial charge in [-0.15, -0.1) is 0 Å². The van der Waals surface area contributed by atoms with Crippen molar-refractivity contribution in [2.75, 3.05) is 4.90 Å².